The number of ether oxygens (including phenoxy) is 1. The first kappa shape index (κ1) is 23.6. The van der Waals surface area contributed by atoms with Crippen molar-refractivity contribution in [3.8, 4) is 5.75 Å². The van der Waals surface area contributed by atoms with Crippen molar-refractivity contribution in [2.75, 3.05) is 16.0 Å². The number of rotatable bonds is 8. The minimum absolute atomic E-state index is 0.0295. The molecule has 0 fully saturated rings. The fourth-order valence-corrected chi connectivity index (χ4v) is 3.24. The van der Waals surface area contributed by atoms with E-state index in [4.69, 9.17) is 4.74 Å². The van der Waals surface area contributed by atoms with Gasteiger partial charge in [-0.1, -0.05) is 12.1 Å². The number of halogens is 1. The molecule has 0 saturated heterocycles. The number of nitrogens with one attached hydrogen (secondary N) is 3. The van der Waals surface area contributed by atoms with Gasteiger partial charge in [0.15, 0.2) is 17.7 Å². The maximum atomic E-state index is 13.8. The van der Waals surface area contributed by atoms with Crippen LogP contribution in [0.15, 0.2) is 72.9 Å². The van der Waals surface area contributed by atoms with Crippen LogP contribution in [-0.2, 0) is 4.79 Å². The van der Waals surface area contributed by atoms with E-state index < -0.39 is 11.9 Å². The molecule has 178 valence electrons. The van der Waals surface area contributed by atoms with Gasteiger partial charge in [0.2, 0.25) is 0 Å². The van der Waals surface area contributed by atoms with Crippen molar-refractivity contribution in [2.24, 2.45) is 0 Å². The second-order valence-corrected chi connectivity index (χ2v) is 7.91. The van der Waals surface area contributed by atoms with Crippen LogP contribution >= 0.6 is 0 Å². The number of carbonyl (C=O) groups excluding carboxylic acids is 1. The summed E-state index contributed by atoms with van der Waals surface area (Å²) in [6.45, 7) is 5.37. The molecule has 2 aromatic carbocycles. The Hall–Kier alpha value is -4.53. The van der Waals surface area contributed by atoms with E-state index in [1.807, 2.05) is 38.1 Å². The first-order chi connectivity index (χ1) is 16.9. The highest BCUT2D eigenvalue weighted by atomic mass is 19.1. The van der Waals surface area contributed by atoms with Gasteiger partial charge in [0, 0.05) is 23.6 Å². The van der Waals surface area contributed by atoms with Crippen LogP contribution < -0.4 is 20.7 Å². The predicted octanol–water partition coefficient (Wildman–Crippen LogP) is 5.52. The van der Waals surface area contributed by atoms with Gasteiger partial charge in [0.05, 0.1) is 0 Å². The maximum absolute atomic E-state index is 13.8. The lowest BCUT2D eigenvalue weighted by Crippen LogP contribution is -2.30. The molecular formula is C26H25FN6O2. The number of hydrogen-bond donors (Lipinski definition) is 3. The largest absolute Gasteiger partial charge is 0.478 e. The van der Waals surface area contributed by atoms with E-state index in [2.05, 4.69) is 30.9 Å². The smallest absolute Gasteiger partial charge is 0.265 e. The summed E-state index contributed by atoms with van der Waals surface area (Å²) in [5.41, 5.74) is 2.44. The SMILES string of the molecule is Cc1ccnc(Nc2cc(Nc3ccc(NC(=O)C(C)Oc4ccccc4F)cc3)nc(C)n2)c1. The fourth-order valence-electron chi connectivity index (χ4n) is 3.24. The minimum atomic E-state index is -0.873. The molecule has 4 aromatic rings. The molecule has 0 radical (unpaired) electrons. The van der Waals surface area contributed by atoms with E-state index in [9.17, 15) is 9.18 Å². The molecule has 1 amide bonds. The summed E-state index contributed by atoms with van der Waals surface area (Å²) in [4.78, 5) is 25.6. The number of benzene rings is 2. The number of anilines is 5. The van der Waals surface area contributed by atoms with Crippen molar-refractivity contribution >= 4 is 34.7 Å². The molecule has 0 aliphatic rings. The number of aromatic nitrogens is 3. The van der Waals surface area contributed by atoms with Crippen LogP contribution in [-0.4, -0.2) is 27.0 Å². The highest BCUT2D eigenvalue weighted by molar-refractivity contribution is 5.94. The number of amides is 1. The monoisotopic (exact) mass is 472 g/mol. The highest BCUT2D eigenvalue weighted by Gasteiger charge is 2.16. The zero-order valence-electron chi connectivity index (χ0n) is 19.5. The van der Waals surface area contributed by atoms with Crippen molar-refractivity contribution in [2.45, 2.75) is 26.9 Å². The molecule has 35 heavy (non-hydrogen) atoms. The van der Waals surface area contributed by atoms with Crippen LogP contribution in [0.5, 0.6) is 5.75 Å². The lowest BCUT2D eigenvalue weighted by molar-refractivity contribution is -0.122. The summed E-state index contributed by atoms with van der Waals surface area (Å²) in [7, 11) is 0. The van der Waals surface area contributed by atoms with Crippen molar-refractivity contribution in [1.82, 2.24) is 15.0 Å². The van der Waals surface area contributed by atoms with Gasteiger partial charge < -0.3 is 20.7 Å². The van der Waals surface area contributed by atoms with Crippen molar-refractivity contribution < 1.29 is 13.9 Å². The van der Waals surface area contributed by atoms with Gasteiger partial charge >= 0.3 is 0 Å². The van der Waals surface area contributed by atoms with E-state index in [0.29, 0.717) is 29.0 Å². The van der Waals surface area contributed by atoms with Crippen LogP contribution in [0.4, 0.5) is 33.2 Å². The molecule has 3 N–H and O–H groups in total. The van der Waals surface area contributed by atoms with Gasteiger partial charge in [-0.05, 0) is 74.9 Å². The minimum Gasteiger partial charge on any atom is -0.478 e. The fraction of sp³-hybridized carbons (Fsp3) is 0.154. The van der Waals surface area contributed by atoms with Crippen molar-refractivity contribution in [1.29, 1.82) is 0 Å². The van der Waals surface area contributed by atoms with E-state index in [1.165, 1.54) is 12.1 Å². The molecule has 0 bridgehead atoms. The van der Waals surface area contributed by atoms with Crippen LogP contribution in [0.25, 0.3) is 0 Å². The van der Waals surface area contributed by atoms with Gasteiger partial charge in [0.25, 0.3) is 5.91 Å². The molecule has 0 saturated carbocycles. The highest BCUT2D eigenvalue weighted by Crippen LogP contribution is 2.22. The molecule has 0 spiro atoms. The Balaban J connectivity index is 1.38. The Morgan fingerprint density at radius 2 is 1.57 bits per heavy atom. The molecule has 2 aromatic heterocycles. The Morgan fingerprint density at radius 3 is 2.29 bits per heavy atom. The van der Waals surface area contributed by atoms with E-state index in [1.54, 1.807) is 43.5 Å². The van der Waals surface area contributed by atoms with Crippen LogP contribution in [0, 0.1) is 19.7 Å². The molecule has 0 aliphatic heterocycles. The zero-order valence-corrected chi connectivity index (χ0v) is 19.5. The molecule has 1 unspecified atom stereocenters. The van der Waals surface area contributed by atoms with Gasteiger partial charge in [0.1, 0.15) is 23.3 Å². The summed E-state index contributed by atoms with van der Waals surface area (Å²) in [6, 6.07) is 18.7. The lowest BCUT2D eigenvalue weighted by atomic mass is 10.2. The summed E-state index contributed by atoms with van der Waals surface area (Å²) in [5.74, 6) is 1.64. The number of para-hydroxylation sites is 1. The lowest BCUT2D eigenvalue weighted by Gasteiger charge is -2.15. The predicted molar refractivity (Wildman–Crippen MR) is 134 cm³/mol. The van der Waals surface area contributed by atoms with E-state index in [-0.39, 0.29) is 11.7 Å². The molecular weight excluding hydrogens is 447 g/mol. The molecule has 1 atom stereocenters. The maximum Gasteiger partial charge on any atom is 0.265 e. The van der Waals surface area contributed by atoms with Crippen LogP contribution in [0.1, 0.15) is 18.3 Å². The van der Waals surface area contributed by atoms with Gasteiger partial charge in [-0.3, -0.25) is 4.79 Å². The van der Waals surface area contributed by atoms with Crippen LogP contribution in [0.2, 0.25) is 0 Å². The third kappa shape index (κ3) is 6.50. The molecule has 2 heterocycles. The van der Waals surface area contributed by atoms with Crippen LogP contribution in [0.3, 0.4) is 0 Å². The van der Waals surface area contributed by atoms with Gasteiger partial charge in [-0.15, -0.1) is 0 Å². The molecule has 9 heteroatoms. The number of hydrogen-bond acceptors (Lipinski definition) is 7. The Labute approximate surface area is 202 Å². The van der Waals surface area contributed by atoms with E-state index in [0.717, 1.165) is 11.3 Å². The first-order valence-corrected chi connectivity index (χ1v) is 11.0. The Bertz CT molecular complexity index is 1330. The Kier molecular flexibility index (Phi) is 7.15. The molecule has 8 nitrogen and oxygen atoms in total. The zero-order chi connectivity index (χ0) is 24.8. The summed E-state index contributed by atoms with van der Waals surface area (Å²) in [5, 5.41) is 9.19. The van der Waals surface area contributed by atoms with Gasteiger partial charge in [-0.2, -0.15) is 0 Å². The Morgan fingerprint density at radius 1 is 0.886 bits per heavy atom. The van der Waals surface area contributed by atoms with Crippen molar-refractivity contribution in [3.63, 3.8) is 0 Å². The van der Waals surface area contributed by atoms with Crippen molar-refractivity contribution in [3.05, 3.63) is 90.1 Å². The first-order valence-electron chi connectivity index (χ1n) is 11.0. The third-order valence-electron chi connectivity index (χ3n) is 4.94. The standard InChI is InChI=1S/C26H25FN6O2/c1-16-12-13-28-23(14-16)33-25-15-24(29-18(3)30-25)31-19-8-10-20(11-9-19)32-26(34)17(2)35-22-7-5-4-6-21(22)27/h4-15,17H,1-3H3,(H,32,34)(H2,28,29,30,31,33). The number of carbonyl (C=O) groups is 1. The average Bonchev–Trinajstić information content (AvgIpc) is 2.81. The summed E-state index contributed by atoms with van der Waals surface area (Å²) >= 11 is 0. The van der Waals surface area contributed by atoms with E-state index >= 15 is 0 Å². The number of pyridine rings is 1. The number of nitrogens with zero attached hydrogens (tertiary/aromatic N) is 3. The normalized spacial score (nSPS) is 11.4. The second-order valence-electron chi connectivity index (χ2n) is 7.91. The third-order valence-corrected chi connectivity index (χ3v) is 4.94. The second kappa shape index (κ2) is 10.6. The van der Waals surface area contributed by atoms with Gasteiger partial charge in [-0.25, -0.2) is 19.3 Å². The summed E-state index contributed by atoms with van der Waals surface area (Å²) in [6.07, 6.45) is 0.861. The topological polar surface area (TPSA) is 101 Å². The molecule has 0 aliphatic carbocycles. The summed E-state index contributed by atoms with van der Waals surface area (Å²) < 4.78 is 19.2. The molecule has 4 rings (SSSR count). The average molecular weight is 473 g/mol. The number of aryl methyl sites for hydroxylation is 2. The quantitative estimate of drug-likeness (QED) is 0.310.